The standard InChI is InChI=1S/C24H18BrFN2O4/c1-31-21-13-16(11-19(25)22(21)32-14-15-7-9-17(26)10-8-15)12-20-23(29)28(24(30)27-20)18-5-3-2-4-6-18/h2-13H,14H2,1H3,(H,27,30)/b20-12+. The van der Waals surface area contributed by atoms with Crippen LogP contribution in [-0.2, 0) is 11.4 Å². The van der Waals surface area contributed by atoms with Gasteiger partial charge in [-0.05, 0) is 69.5 Å². The normalized spacial score (nSPS) is 14.6. The quantitative estimate of drug-likeness (QED) is 0.372. The number of hydrogen-bond donors (Lipinski definition) is 1. The van der Waals surface area contributed by atoms with E-state index in [0.717, 1.165) is 10.5 Å². The first-order valence-corrected chi connectivity index (χ1v) is 10.4. The number of carbonyl (C=O) groups is 2. The van der Waals surface area contributed by atoms with E-state index in [0.29, 0.717) is 27.2 Å². The Morgan fingerprint density at radius 3 is 2.47 bits per heavy atom. The van der Waals surface area contributed by atoms with E-state index >= 15 is 0 Å². The van der Waals surface area contributed by atoms with Crippen LogP contribution in [-0.4, -0.2) is 19.0 Å². The molecule has 162 valence electrons. The SMILES string of the molecule is COc1cc(/C=C2/NC(=O)N(c3ccccc3)C2=O)cc(Br)c1OCc1ccc(F)cc1. The van der Waals surface area contributed by atoms with Crippen molar-refractivity contribution in [1.82, 2.24) is 5.32 Å². The van der Waals surface area contributed by atoms with Gasteiger partial charge in [0.2, 0.25) is 0 Å². The Kier molecular flexibility index (Phi) is 6.23. The highest BCUT2D eigenvalue weighted by Crippen LogP contribution is 2.38. The van der Waals surface area contributed by atoms with Crippen LogP contribution in [0, 0.1) is 5.82 Å². The van der Waals surface area contributed by atoms with E-state index in [1.54, 1.807) is 54.6 Å². The van der Waals surface area contributed by atoms with E-state index in [1.165, 1.54) is 19.2 Å². The Labute approximate surface area is 192 Å². The zero-order valence-electron chi connectivity index (χ0n) is 17.0. The molecule has 3 aromatic carbocycles. The van der Waals surface area contributed by atoms with Gasteiger partial charge in [-0.2, -0.15) is 0 Å². The highest BCUT2D eigenvalue weighted by atomic mass is 79.9. The third-order valence-corrected chi connectivity index (χ3v) is 5.34. The summed E-state index contributed by atoms with van der Waals surface area (Å²) < 4.78 is 25.0. The summed E-state index contributed by atoms with van der Waals surface area (Å²) in [4.78, 5) is 26.2. The lowest BCUT2D eigenvalue weighted by Gasteiger charge is -2.14. The predicted octanol–water partition coefficient (Wildman–Crippen LogP) is 5.27. The third kappa shape index (κ3) is 4.50. The van der Waals surface area contributed by atoms with Crippen molar-refractivity contribution >= 4 is 39.6 Å². The summed E-state index contributed by atoms with van der Waals surface area (Å²) in [5, 5.41) is 2.60. The lowest BCUT2D eigenvalue weighted by atomic mass is 10.1. The highest BCUT2D eigenvalue weighted by Gasteiger charge is 2.34. The average Bonchev–Trinajstić information content (AvgIpc) is 3.07. The molecule has 1 fully saturated rings. The van der Waals surface area contributed by atoms with Crippen molar-refractivity contribution in [2.24, 2.45) is 0 Å². The number of hydrogen-bond acceptors (Lipinski definition) is 4. The smallest absolute Gasteiger partial charge is 0.333 e. The van der Waals surface area contributed by atoms with Gasteiger partial charge in [0.1, 0.15) is 18.1 Å². The molecule has 0 bridgehead atoms. The zero-order chi connectivity index (χ0) is 22.7. The average molecular weight is 497 g/mol. The van der Waals surface area contributed by atoms with Crippen LogP contribution in [0.3, 0.4) is 0 Å². The fourth-order valence-electron chi connectivity index (χ4n) is 3.21. The van der Waals surface area contributed by atoms with Crippen LogP contribution < -0.4 is 19.7 Å². The summed E-state index contributed by atoms with van der Waals surface area (Å²) in [5.74, 6) is 0.133. The van der Waals surface area contributed by atoms with Gasteiger partial charge in [-0.1, -0.05) is 30.3 Å². The summed E-state index contributed by atoms with van der Waals surface area (Å²) >= 11 is 3.47. The molecule has 4 rings (SSSR count). The molecule has 0 saturated carbocycles. The van der Waals surface area contributed by atoms with Gasteiger partial charge in [-0.15, -0.1) is 0 Å². The lowest BCUT2D eigenvalue weighted by molar-refractivity contribution is -0.113. The van der Waals surface area contributed by atoms with Gasteiger partial charge < -0.3 is 14.8 Å². The van der Waals surface area contributed by atoms with Crippen molar-refractivity contribution in [1.29, 1.82) is 0 Å². The van der Waals surface area contributed by atoms with Crippen molar-refractivity contribution in [3.05, 3.63) is 93.8 Å². The fourth-order valence-corrected chi connectivity index (χ4v) is 3.79. The maximum absolute atomic E-state index is 13.1. The minimum absolute atomic E-state index is 0.146. The molecule has 1 aliphatic rings. The zero-order valence-corrected chi connectivity index (χ0v) is 18.6. The van der Waals surface area contributed by atoms with Crippen molar-refractivity contribution in [2.45, 2.75) is 6.61 Å². The number of nitrogens with one attached hydrogen (secondary N) is 1. The van der Waals surface area contributed by atoms with Crippen LogP contribution in [0.5, 0.6) is 11.5 Å². The topological polar surface area (TPSA) is 67.9 Å². The van der Waals surface area contributed by atoms with Gasteiger partial charge in [0, 0.05) is 0 Å². The second-order valence-corrected chi connectivity index (χ2v) is 7.77. The Hall–Kier alpha value is -3.65. The lowest BCUT2D eigenvalue weighted by Crippen LogP contribution is -2.30. The van der Waals surface area contributed by atoms with E-state index < -0.39 is 11.9 Å². The van der Waals surface area contributed by atoms with Crippen molar-refractivity contribution in [3.8, 4) is 11.5 Å². The van der Waals surface area contributed by atoms with Crippen LogP contribution in [0.2, 0.25) is 0 Å². The molecule has 8 heteroatoms. The van der Waals surface area contributed by atoms with Crippen molar-refractivity contribution in [3.63, 3.8) is 0 Å². The largest absolute Gasteiger partial charge is 0.493 e. The molecule has 0 spiro atoms. The Bertz CT molecular complexity index is 1200. The highest BCUT2D eigenvalue weighted by molar-refractivity contribution is 9.10. The number of halogens is 2. The molecule has 0 aliphatic carbocycles. The number of imide groups is 1. The summed E-state index contributed by atoms with van der Waals surface area (Å²) in [6.45, 7) is 0.219. The summed E-state index contributed by atoms with van der Waals surface area (Å²) in [6.07, 6.45) is 1.57. The Morgan fingerprint density at radius 2 is 1.78 bits per heavy atom. The van der Waals surface area contributed by atoms with Gasteiger partial charge in [0.25, 0.3) is 5.91 Å². The first-order chi connectivity index (χ1) is 15.5. The minimum Gasteiger partial charge on any atom is -0.493 e. The minimum atomic E-state index is -0.516. The summed E-state index contributed by atoms with van der Waals surface area (Å²) in [5.41, 5.74) is 2.06. The van der Waals surface area contributed by atoms with E-state index in [2.05, 4.69) is 21.2 Å². The third-order valence-electron chi connectivity index (χ3n) is 4.75. The number of carbonyl (C=O) groups excluding carboxylic acids is 2. The number of amides is 3. The van der Waals surface area contributed by atoms with Crippen molar-refractivity contribution in [2.75, 3.05) is 12.0 Å². The first-order valence-electron chi connectivity index (χ1n) is 9.63. The number of benzene rings is 3. The number of methoxy groups -OCH3 is 1. The van der Waals surface area contributed by atoms with Crippen LogP contribution in [0.1, 0.15) is 11.1 Å². The molecule has 1 saturated heterocycles. The number of para-hydroxylation sites is 1. The van der Waals surface area contributed by atoms with E-state index in [9.17, 15) is 14.0 Å². The predicted molar refractivity (Wildman–Crippen MR) is 122 cm³/mol. The second-order valence-electron chi connectivity index (χ2n) is 6.91. The molecule has 0 radical (unpaired) electrons. The Balaban J connectivity index is 1.57. The molecular weight excluding hydrogens is 479 g/mol. The molecule has 0 aromatic heterocycles. The Morgan fingerprint density at radius 1 is 1.06 bits per heavy atom. The molecule has 32 heavy (non-hydrogen) atoms. The number of ether oxygens (including phenoxy) is 2. The number of anilines is 1. The summed E-state index contributed by atoms with van der Waals surface area (Å²) in [6, 6.07) is 17.6. The molecule has 1 aliphatic heterocycles. The van der Waals surface area contributed by atoms with Crippen LogP contribution >= 0.6 is 15.9 Å². The van der Waals surface area contributed by atoms with E-state index in [-0.39, 0.29) is 18.1 Å². The van der Waals surface area contributed by atoms with Crippen LogP contribution in [0.25, 0.3) is 6.08 Å². The van der Waals surface area contributed by atoms with E-state index in [4.69, 9.17) is 9.47 Å². The number of nitrogens with zero attached hydrogens (tertiary/aromatic N) is 1. The molecule has 3 amide bonds. The molecule has 6 nitrogen and oxygen atoms in total. The summed E-state index contributed by atoms with van der Waals surface area (Å²) in [7, 11) is 1.50. The van der Waals surface area contributed by atoms with Crippen LogP contribution in [0.4, 0.5) is 14.9 Å². The monoisotopic (exact) mass is 496 g/mol. The van der Waals surface area contributed by atoms with E-state index in [1.807, 2.05) is 6.07 Å². The van der Waals surface area contributed by atoms with Crippen molar-refractivity contribution < 1.29 is 23.5 Å². The molecule has 1 N–H and O–H groups in total. The maximum Gasteiger partial charge on any atom is 0.333 e. The number of urea groups is 1. The van der Waals surface area contributed by atoms with Gasteiger partial charge in [0.15, 0.2) is 11.5 Å². The molecule has 0 atom stereocenters. The number of rotatable bonds is 6. The van der Waals surface area contributed by atoms with Gasteiger partial charge in [-0.3, -0.25) is 4.79 Å². The molecule has 0 unspecified atom stereocenters. The van der Waals surface area contributed by atoms with Gasteiger partial charge in [-0.25, -0.2) is 14.1 Å². The molecule has 3 aromatic rings. The molecule has 1 heterocycles. The van der Waals surface area contributed by atoms with Gasteiger partial charge in [0.05, 0.1) is 17.3 Å². The van der Waals surface area contributed by atoms with Gasteiger partial charge >= 0.3 is 6.03 Å². The van der Waals surface area contributed by atoms with Crippen LogP contribution in [0.15, 0.2) is 76.9 Å². The molecular formula is C24H18BrFN2O4. The first kappa shape index (κ1) is 21.6. The fraction of sp³-hybridized carbons (Fsp3) is 0.0833. The second kappa shape index (κ2) is 9.23. The maximum atomic E-state index is 13.1.